The SMILES string of the molecule is CCc1cccc(OCC(O)Cn2ncc3ccccc3c2=O)c1. The Kier molecular flexibility index (Phi) is 4.91. The van der Waals surface area contributed by atoms with Gasteiger partial charge in [-0.2, -0.15) is 5.10 Å². The number of nitrogens with zero attached hydrogens (tertiary/aromatic N) is 2. The van der Waals surface area contributed by atoms with Crippen molar-refractivity contribution >= 4 is 10.8 Å². The first-order chi connectivity index (χ1) is 11.7. The van der Waals surface area contributed by atoms with Crippen molar-refractivity contribution in [1.82, 2.24) is 9.78 Å². The van der Waals surface area contributed by atoms with Gasteiger partial charge in [0.25, 0.3) is 5.56 Å². The lowest BCUT2D eigenvalue weighted by Gasteiger charge is -2.14. The second-order valence-electron chi connectivity index (χ2n) is 5.68. The van der Waals surface area contributed by atoms with Crippen LogP contribution in [0.25, 0.3) is 10.8 Å². The molecule has 0 aliphatic rings. The van der Waals surface area contributed by atoms with Crippen LogP contribution in [-0.2, 0) is 13.0 Å². The maximum Gasteiger partial charge on any atom is 0.274 e. The van der Waals surface area contributed by atoms with Crippen molar-refractivity contribution in [3.05, 3.63) is 70.6 Å². The maximum atomic E-state index is 12.4. The van der Waals surface area contributed by atoms with Crippen LogP contribution in [0.3, 0.4) is 0 Å². The lowest BCUT2D eigenvalue weighted by molar-refractivity contribution is 0.0881. The van der Waals surface area contributed by atoms with Gasteiger partial charge in [0, 0.05) is 5.39 Å². The van der Waals surface area contributed by atoms with E-state index in [0.29, 0.717) is 11.1 Å². The third-order valence-corrected chi connectivity index (χ3v) is 3.89. The smallest absolute Gasteiger partial charge is 0.274 e. The Bertz CT molecular complexity index is 889. The quantitative estimate of drug-likeness (QED) is 0.756. The summed E-state index contributed by atoms with van der Waals surface area (Å²) in [5.41, 5.74) is 0.967. The summed E-state index contributed by atoms with van der Waals surface area (Å²) in [6.45, 7) is 2.27. The van der Waals surface area contributed by atoms with Crippen molar-refractivity contribution in [2.45, 2.75) is 26.0 Å². The number of benzene rings is 2. The Balaban J connectivity index is 1.67. The standard InChI is InChI=1S/C19H20N2O3/c1-2-14-6-5-8-17(10-14)24-13-16(22)12-21-19(23)18-9-4-3-7-15(18)11-20-21/h3-11,16,22H,2,12-13H2,1H3. The molecule has 0 aliphatic carbocycles. The van der Waals surface area contributed by atoms with E-state index in [1.165, 1.54) is 10.2 Å². The van der Waals surface area contributed by atoms with E-state index in [1.54, 1.807) is 12.3 Å². The van der Waals surface area contributed by atoms with Crippen molar-refractivity contribution in [2.75, 3.05) is 6.61 Å². The van der Waals surface area contributed by atoms with Crippen molar-refractivity contribution in [2.24, 2.45) is 0 Å². The highest BCUT2D eigenvalue weighted by atomic mass is 16.5. The summed E-state index contributed by atoms with van der Waals surface area (Å²) in [7, 11) is 0. The monoisotopic (exact) mass is 324 g/mol. The topological polar surface area (TPSA) is 64.3 Å². The van der Waals surface area contributed by atoms with E-state index in [9.17, 15) is 9.90 Å². The zero-order chi connectivity index (χ0) is 16.9. The van der Waals surface area contributed by atoms with E-state index in [-0.39, 0.29) is 18.7 Å². The molecule has 5 nitrogen and oxygen atoms in total. The average Bonchev–Trinajstić information content (AvgIpc) is 2.63. The van der Waals surface area contributed by atoms with Crippen LogP contribution in [0.4, 0.5) is 0 Å². The number of aliphatic hydroxyl groups is 1. The third kappa shape index (κ3) is 3.63. The van der Waals surface area contributed by atoms with Crippen LogP contribution in [0.2, 0.25) is 0 Å². The van der Waals surface area contributed by atoms with Gasteiger partial charge in [-0.25, -0.2) is 4.68 Å². The van der Waals surface area contributed by atoms with Crippen LogP contribution in [0, 0.1) is 0 Å². The highest BCUT2D eigenvalue weighted by molar-refractivity contribution is 5.80. The molecule has 0 bridgehead atoms. The Morgan fingerprint density at radius 3 is 2.88 bits per heavy atom. The second kappa shape index (κ2) is 7.27. The average molecular weight is 324 g/mol. The largest absolute Gasteiger partial charge is 0.491 e. The van der Waals surface area contributed by atoms with Crippen molar-refractivity contribution in [3.8, 4) is 5.75 Å². The van der Waals surface area contributed by atoms with E-state index in [0.717, 1.165) is 11.8 Å². The van der Waals surface area contributed by atoms with E-state index in [4.69, 9.17) is 4.74 Å². The van der Waals surface area contributed by atoms with Crippen LogP contribution in [0.1, 0.15) is 12.5 Å². The molecule has 0 fully saturated rings. The molecule has 1 N–H and O–H groups in total. The van der Waals surface area contributed by atoms with Gasteiger partial charge in [-0.3, -0.25) is 4.79 Å². The fraction of sp³-hybridized carbons (Fsp3) is 0.263. The Morgan fingerprint density at radius 2 is 2.04 bits per heavy atom. The fourth-order valence-corrected chi connectivity index (χ4v) is 2.56. The van der Waals surface area contributed by atoms with Crippen LogP contribution in [-0.4, -0.2) is 27.6 Å². The summed E-state index contributed by atoms with van der Waals surface area (Å²) in [6, 6.07) is 15.0. The van der Waals surface area contributed by atoms with E-state index in [2.05, 4.69) is 12.0 Å². The molecule has 3 rings (SSSR count). The van der Waals surface area contributed by atoms with Gasteiger partial charge >= 0.3 is 0 Å². The van der Waals surface area contributed by atoms with Gasteiger partial charge in [0.05, 0.1) is 18.1 Å². The molecule has 1 unspecified atom stereocenters. The second-order valence-corrected chi connectivity index (χ2v) is 5.68. The predicted octanol–water partition coefficient (Wildman–Crippen LogP) is 2.40. The van der Waals surface area contributed by atoms with Crippen LogP contribution < -0.4 is 10.3 Å². The summed E-state index contributed by atoms with van der Waals surface area (Å²) in [4.78, 5) is 12.4. The number of hydrogen-bond donors (Lipinski definition) is 1. The number of hydrogen-bond acceptors (Lipinski definition) is 4. The Hall–Kier alpha value is -2.66. The van der Waals surface area contributed by atoms with Crippen LogP contribution in [0.5, 0.6) is 5.75 Å². The van der Waals surface area contributed by atoms with Crippen LogP contribution in [0.15, 0.2) is 59.5 Å². The number of fused-ring (bicyclic) bond motifs is 1. The number of rotatable bonds is 6. The minimum atomic E-state index is -0.818. The zero-order valence-electron chi connectivity index (χ0n) is 13.6. The van der Waals surface area contributed by atoms with E-state index >= 15 is 0 Å². The molecule has 0 spiro atoms. The summed E-state index contributed by atoms with van der Waals surface area (Å²) in [5.74, 6) is 0.715. The molecule has 24 heavy (non-hydrogen) atoms. The van der Waals surface area contributed by atoms with Gasteiger partial charge in [-0.15, -0.1) is 0 Å². The number of aliphatic hydroxyl groups excluding tert-OH is 1. The molecular weight excluding hydrogens is 304 g/mol. The molecule has 0 saturated carbocycles. The molecule has 3 aromatic rings. The first kappa shape index (κ1) is 16.2. The molecule has 1 atom stereocenters. The normalized spacial score (nSPS) is 12.2. The molecule has 124 valence electrons. The molecule has 0 saturated heterocycles. The summed E-state index contributed by atoms with van der Waals surface area (Å²) in [6.07, 6.45) is 1.74. The first-order valence-electron chi connectivity index (χ1n) is 8.02. The minimum Gasteiger partial charge on any atom is -0.491 e. The Labute approximate surface area is 140 Å². The number of aryl methyl sites for hydroxylation is 1. The lowest BCUT2D eigenvalue weighted by Crippen LogP contribution is -2.31. The maximum absolute atomic E-state index is 12.4. The van der Waals surface area contributed by atoms with Gasteiger partial charge in [-0.1, -0.05) is 37.3 Å². The van der Waals surface area contributed by atoms with E-state index < -0.39 is 6.10 Å². The van der Waals surface area contributed by atoms with Crippen molar-refractivity contribution in [3.63, 3.8) is 0 Å². The molecule has 1 heterocycles. The lowest BCUT2D eigenvalue weighted by atomic mass is 10.2. The first-order valence-corrected chi connectivity index (χ1v) is 8.02. The summed E-state index contributed by atoms with van der Waals surface area (Å²) >= 11 is 0. The molecule has 0 amide bonds. The van der Waals surface area contributed by atoms with Gasteiger partial charge in [0.1, 0.15) is 18.5 Å². The molecule has 5 heteroatoms. The summed E-state index contributed by atoms with van der Waals surface area (Å²) in [5, 5.41) is 15.7. The van der Waals surface area contributed by atoms with Gasteiger partial charge in [0.15, 0.2) is 0 Å². The third-order valence-electron chi connectivity index (χ3n) is 3.89. The number of aromatic nitrogens is 2. The molecule has 1 aromatic heterocycles. The van der Waals surface area contributed by atoms with Gasteiger partial charge in [0.2, 0.25) is 0 Å². The van der Waals surface area contributed by atoms with Crippen molar-refractivity contribution < 1.29 is 9.84 Å². The molecule has 0 radical (unpaired) electrons. The summed E-state index contributed by atoms with van der Waals surface area (Å²) < 4.78 is 6.89. The highest BCUT2D eigenvalue weighted by Gasteiger charge is 2.10. The van der Waals surface area contributed by atoms with Crippen LogP contribution >= 0.6 is 0 Å². The Morgan fingerprint density at radius 1 is 1.21 bits per heavy atom. The van der Waals surface area contributed by atoms with Gasteiger partial charge < -0.3 is 9.84 Å². The van der Waals surface area contributed by atoms with Gasteiger partial charge in [-0.05, 0) is 30.2 Å². The fourth-order valence-electron chi connectivity index (χ4n) is 2.56. The van der Waals surface area contributed by atoms with E-state index in [1.807, 2.05) is 42.5 Å². The zero-order valence-corrected chi connectivity index (χ0v) is 13.6. The highest BCUT2D eigenvalue weighted by Crippen LogP contribution is 2.14. The number of ether oxygens (including phenoxy) is 1. The molecule has 0 aliphatic heterocycles. The molecule has 2 aromatic carbocycles. The minimum absolute atomic E-state index is 0.0944. The molecular formula is C19H20N2O3. The van der Waals surface area contributed by atoms with Crippen molar-refractivity contribution in [1.29, 1.82) is 0 Å². The predicted molar refractivity (Wildman–Crippen MR) is 93.3 cm³/mol.